The molecule has 5 aromatic carbocycles. The molecule has 2 unspecified atom stereocenters. The second kappa shape index (κ2) is 25.1. The average molecular weight is 971 g/mol. The van der Waals surface area contributed by atoms with Gasteiger partial charge in [-0.25, -0.2) is 26.3 Å². The maximum absolute atomic E-state index is 12.7. The molecule has 5 aromatic rings. The smallest absolute Gasteiger partial charge is 0.251 e. The summed E-state index contributed by atoms with van der Waals surface area (Å²) in [7, 11) is -7.44. The zero-order valence-corrected chi connectivity index (χ0v) is 39.4. The van der Waals surface area contributed by atoms with Gasteiger partial charge in [-0.2, -0.15) is 0 Å². The zero-order valence-electron chi connectivity index (χ0n) is 37.7. The van der Waals surface area contributed by atoms with E-state index in [0.29, 0.717) is 22.6 Å². The fourth-order valence-electron chi connectivity index (χ4n) is 7.76. The first-order valence-electron chi connectivity index (χ1n) is 22.7. The molecule has 2 aliphatic rings. The van der Waals surface area contributed by atoms with Crippen molar-refractivity contribution in [2.75, 3.05) is 79.0 Å². The predicted molar refractivity (Wildman–Crippen MR) is 254 cm³/mol. The van der Waals surface area contributed by atoms with E-state index < -0.39 is 20.0 Å². The van der Waals surface area contributed by atoms with Crippen LogP contribution in [0.3, 0.4) is 0 Å². The number of hydrogen-bond acceptors (Lipinski definition) is 12. The Bertz CT molecular complexity index is 2450. The molecule has 16 nitrogen and oxygen atoms in total. The third-order valence-corrected chi connectivity index (χ3v) is 14.2. The maximum Gasteiger partial charge on any atom is 0.251 e. The second-order valence-electron chi connectivity index (χ2n) is 16.0. The molecule has 7 rings (SSSR count). The van der Waals surface area contributed by atoms with Gasteiger partial charge in [-0.05, 0) is 121 Å². The summed E-state index contributed by atoms with van der Waals surface area (Å²) in [5, 5.41) is 5.52. The number of carbonyl (C=O) groups excluding carboxylic acids is 2. The number of amides is 2. The van der Waals surface area contributed by atoms with E-state index in [0.717, 1.165) is 25.7 Å². The van der Waals surface area contributed by atoms with E-state index in [9.17, 15) is 26.4 Å². The van der Waals surface area contributed by atoms with Crippen molar-refractivity contribution in [2.45, 2.75) is 47.7 Å². The van der Waals surface area contributed by atoms with E-state index >= 15 is 0 Å². The number of carbonyl (C=O) groups is 2. The molecule has 2 aliphatic carbocycles. The first-order chi connectivity index (χ1) is 33.1. The molecule has 362 valence electrons. The summed E-state index contributed by atoms with van der Waals surface area (Å²) in [6.45, 7) is 2.50. The number of hydrogen-bond donors (Lipinski definition) is 4. The van der Waals surface area contributed by atoms with Gasteiger partial charge in [0.05, 0.1) is 62.6 Å². The number of benzene rings is 5. The Morgan fingerprint density at radius 1 is 0.441 bits per heavy atom. The molecular weight excluding hydrogens is 913 g/mol. The summed E-state index contributed by atoms with van der Waals surface area (Å²) < 4.78 is 90.3. The molecule has 0 saturated carbocycles. The van der Waals surface area contributed by atoms with Crippen molar-refractivity contribution < 1.29 is 54.8 Å². The lowest BCUT2D eigenvalue weighted by Gasteiger charge is -2.15. The van der Waals surface area contributed by atoms with Crippen LogP contribution in [-0.4, -0.2) is 108 Å². The van der Waals surface area contributed by atoms with Gasteiger partial charge in [-0.1, -0.05) is 48.5 Å². The fourth-order valence-corrected chi connectivity index (χ4v) is 9.79. The molecule has 18 heteroatoms. The topological polar surface area (TPSA) is 206 Å². The highest BCUT2D eigenvalue weighted by Crippen LogP contribution is 2.36. The Morgan fingerprint density at radius 3 is 1.18 bits per heavy atom. The van der Waals surface area contributed by atoms with Crippen molar-refractivity contribution in [3.05, 3.63) is 155 Å². The normalized spacial score (nSPS) is 15.4. The molecule has 2 amide bonds. The number of sulfonamides is 2. The molecule has 0 saturated heterocycles. The van der Waals surface area contributed by atoms with Gasteiger partial charge in [0.25, 0.3) is 11.8 Å². The summed E-state index contributed by atoms with van der Waals surface area (Å²) in [6.07, 6.45) is 3.60. The van der Waals surface area contributed by atoms with Crippen LogP contribution in [0.4, 0.5) is 0 Å². The summed E-state index contributed by atoms with van der Waals surface area (Å²) >= 11 is 0. The highest BCUT2D eigenvalue weighted by atomic mass is 32.2. The first kappa shape index (κ1) is 50.2. The minimum atomic E-state index is -3.72. The maximum atomic E-state index is 12.7. The predicted octanol–water partition coefficient (Wildman–Crippen LogP) is 5.30. The first-order valence-corrected chi connectivity index (χ1v) is 25.7. The van der Waals surface area contributed by atoms with E-state index in [-0.39, 0.29) is 113 Å². The van der Waals surface area contributed by atoms with Gasteiger partial charge in [0.15, 0.2) is 0 Å². The molecule has 0 aromatic heterocycles. The van der Waals surface area contributed by atoms with Gasteiger partial charge < -0.3 is 39.1 Å². The van der Waals surface area contributed by atoms with Crippen LogP contribution in [0.25, 0.3) is 0 Å². The van der Waals surface area contributed by atoms with Crippen LogP contribution < -0.4 is 29.6 Å². The molecule has 4 N–H and O–H groups in total. The molecule has 0 aliphatic heterocycles. The monoisotopic (exact) mass is 970 g/mol. The van der Waals surface area contributed by atoms with Crippen LogP contribution >= 0.6 is 0 Å². The largest absolute Gasteiger partial charge is 0.486 e. The Kier molecular flexibility index (Phi) is 18.5. The van der Waals surface area contributed by atoms with Crippen LogP contribution in [0.2, 0.25) is 0 Å². The van der Waals surface area contributed by atoms with Gasteiger partial charge in [0, 0.05) is 37.3 Å². The van der Waals surface area contributed by atoms with Crippen LogP contribution in [0, 0.1) is 0 Å². The number of nitrogens with one attached hydrogen (secondary N) is 4. The highest BCUT2D eigenvalue weighted by molar-refractivity contribution is 7.89. The van der Waals surface area contributed by atoms with E-state index in [1.165, 1.54) is 46.5 Å². The lowest BCUT2D eigenvalue weighted by atomic mass is 10.1. The van der Waals surface area contributed by atoms with Gasteiger partial charge >= 0.3 is 0 Å². The van der Waals surface area contributed by atoms with Crippen LogP contribution in [-0.2, 0) is 51.8 Å². The number of rotatable bonds is 28. The minimum absolute atomic E-state index is 0.0427. The lowest BCUT2D eigenvalue weighted by molar-refractivity contribution is 0.0503. The minimum Gasteiger partial charge on any atom is -0.486 e. The Labute approximate surface area is 398 Å². The van der Waals surface area contributed by atoms with Crippen molar-refractivity contribution in [1.82, 2.24) is 20.1 Å². The third-order valence-electron chi connectivity index (χ3n) is 11.3. The summed E-state index contributed by atoms with van der Waals surface area (Å²) in [4.78, 5) is 25.4. The van der Waals surface area contributed by atoms with Gasteiger partial charge in [0.1, 0.15) is 23.7 Å². The zero-order chi connectivity index (χ0) is 47.6. The van der Waals surface area contributed by atoms with E-state index in [1.54, 1.807) is 48.5 Å². The molecule has 0 fully saturated rings. The summed E-state index contributed by atoms with van der Waals surface area (Å²) in [5.41, 5.74) is 5.67. The van der Waals surface area contributed by atoms with Crippen LogP contribution in [0.1, 0.15) is 68.0 Å². The van der Waals surface area contributed by atoms with Gasteiger partial charge in [-0.3, -0.25) is 9.59 Å². The molecule has 2 atom stereocenters. The average Bonchev–Trinajstić information content (AvgIpc) is 3.96. The van der Waals surface area contributed by atoms with Crippen molar-refractivity contribution in [1.29, 1.82) is 0 Å². The SMILES string of the molecule is O=C(NCCOCCOCCNS(=O)(=O)c1ccc(OC2CCc3ccccc32)cc1)c1ccc(C(=O)NCCOCCOCCNS(=O)(=O)c2ccc(OC3CCc4ccccc43)cc2)cc1. The van der Waals surface area contributed by atoms with Crippen molar-refractivity contribution >= 4 is 31.9 Å². The van der Waals surface area contributed by atoms with Crippen molar-refractivity contribution in [2.24, 2.45) is 0 Å². The molecule has 0 bridgehead atoms. The summed E-state index contributed by atoms with van der Waals surface area (Å²) in [6, 6.07) is 35.4. The Balaban J connectivity index is 0.658. The highest BCUT2D eigenvalue weighted by Gasteiger charge is 2.25. The number of ether oxygens (including phenoxy) is 6. The van der Waals surface area contributed by atoms with Crippen LogP contribution in [0.15, 0.2) is 131 Å². The van der Waals surface area contributed by atoms with Crippen molar-refractivity contribution in [3.8, 4) is 11.5 Å². The number of fused-ring (bicyclic) bond motifs is 2. The molecule has 0 heterocycles. The van der Waals surface area contributed by atoms with E-state index in [1.807, 2.05) is 24.3 Å². The third kappa shape index (κ3) is 14.7. The standard InChI is InChI=1S/C50H58N4O12S2/c55-49(51-25-29-61-33-35-63-31-27-53-67(57,58)43-19-15-41(16-20-43)65-47-23-13-37-5-1-3-7-45(37)47)39-9-11-40(12-10-39)50(56)52-26-30-62-34-36-64-32-28-54-68(59,60)44-21-17-42(18-22-44)66-48-24-14-38-6-2-4-8-46(38)48/h1-12,15-22,47-48,53-54H,13-14,23-36H2,(H,51,55)(H,52,56). The molecule has 0 spiro atoms. The van der Waals surface area contributed by atoms with Crippen LogP contribution in [0.5, 0.6) is 11.5 Å². The van der Waals surface area contributed by atoms with Gasteiger partial charge in [0.2, 0.25) is 20.0 Å². The van der Waals surface area contributed by atoms with E-state index in [4.69, 9.17) is 28.4 Å². The summed E-state index contributed by atoms with van der Waals surface area (Å²) in [5.74, 6) is 0.590. The lowest BCUT2D eigenvalue weighted by Crippen LogP contribution is -2.29. The quantitative estimate of drug-likeness (QED) is 0.0472. The molecule has 68 heavy (non-hydrogen) atoms. The van der Waals surface area contributed by atoms with Crippen molar-refractivity contribution in [3.63, 3.8) is 0 Å². The Morgan fingerprint density at radius 2 is 0.794 bits per heavy atom. The Hall–Kier alpha value is -5.70. The van der Waals surface area contributed by atoms with E-state index in [2.05, 4.69) is 44.3 Å². The van der Waals surface area contributed by atoms with Gasteiger partial charge in [-0.15, -0.1) is 0 Å². The molecular formula is C50H58N4O12S2. The number of aryl methyl sites for hydroxylation is 2. The fraction of sp³-hybridized carbons (Fsp3) is 0.360. The second-order valence-corrected chi connectivity index (χ2v) is 19.5. The molecule has 0 radical (unpaired) electrons.